The van der Waals surface area contributed by atoms with E-state index < -0.39 is 11.1 Å². The van der Waals surface area contributed by atoms with Crippen LogP contribution in [-0.2, 0) is 4.79 Å². The second-order valence-electron chi connectivity index (χ2n) is 8.28. The van der Waals surface area contributed by atoms with E-state index in [-0.39, 0.29) is 22.8 Å². The number of benzene rings is 4. The number of nitrogens with one attached hydrogen (secondary N) is 1. The monoisotopic (exact) mass is 467 g/mol. The van der Waals surface area contributed by atoms with Crippen molar-refractivity contribution in [3.63, 3.8) is 0 Å². The molecule has 2 aliphatic rings. The van der Waals surface area contributed by atoms with Gasteiger partial charge in [0.15, 0.2) is 11.6 Å². The third kappa shape index (κ3) is 3.56. The molecule has 4 nitrogen and oxygen atoms in total. The van der Waals surface area contributed by atoms with Gasteiger partial charge in [-0.25, -0.2) is 4.39 Å². The second kappa shape index (κ2) is 8.15. The number of amides is 2. The van der Waals surface area contributed by atoms with Crippen LogP contribution in [0.15, 0.2) is 84.9 Å². The number of allylic oxidation sites excluding steroid dienone is 1. The molecule has 6 rings (SSSR count). The second-order valence-corrected chi connectivity index (χ2v) is 9.39. The van der Waals surface area contributed by atoms with Crippen LogP contribution >= 0.6 is 11.8 Å². The first kappa shape index (κ1) is 20.7. The van der Waals surface area contributed by atoms with Gasteiger partial charge in [-0.05, 0) is 63.4 Å². The highest BCUT2D eigenvalue weighted by atomic mass is 32.2. The first-order chi connectivity index (χ1) is 16.6. The molecule has 0 saturated carbocycles. The number of ether oxygens (including phenoxy) is 1. The third-order valence-electron chi connectivity index (χ3n) is 6.21. The van der Waals surface area contributed by atoms with Crippen LogP contribution < -0.4 is 10.1 Å². The fourth-order valence-electron chi connectivity index (χ4n) is 4.65. The number of para-hydroxylation sites is 1. The van der Waals surface area contributed by atoms with Gasteiger partial charge >= 0.3 is 0 Å². The van der Waals surface area contributed by atoms with Crippen molar-refractivity contribution in [3.05, 3.63) is 107 Å². The molecule has 6 heteroatoms. The van der Waals surface area contributed by atoms with E-state index in [1.54, 1.807) is 18.2 Å². The molecule has 4 aromatic carbocycles. The van der Waals surface area contributed by atoms with E-state index in [0.29, 0.717) is 5.75 Å². The molecule has 2 amide bonds. The SMILES string of the molecule is O=C1NC(=O)C(C2C(c3ccc4cc(Oc5ccccc5F)ccc4c3)=Cc3ccccc32)S1. The number of hydrogen-bond donors (Lipinski definition) is 1. The van der Waals surface area contributed by atoms with Crippen LogP contribution in [0.3, 0.4) is 0 Å². The smallest absolute Gasteiger partial charge is 0.286 e. The van der Waals surface area contributed by atoms with Crippen molar-refractivity contribution in [3.8, 4) is 11.5 Å². The van der Waals surface area contributed by atoms with Crippen LogP contribution in [0.5, 0.6) is 11.5 Å². The Balaban J connectivity index is 1.37. The Kier molecular flexibility index (Phi) is 4.96. The quantitative estimate of drug-likeness (QED) is 0.360. The van der Waals surface area contributed by atoms with Gasteiger partial charge in [-0.1, -0.05) is 72.4 Å². The summed E-state index contributed by atoms with van der Waals surface area (Å²) in [7, 11) is 0. The molecule has 4 aromatic rings. The molecule has 0 spiro atoms. The molecule has 1 aliphatic heterocycles. The molecule has 166 valence electrons. The maximum Gasteiger partial charge on any atom is 0.286 e. The lowest BCUT2D eigenvalue weighted by molar-refractivity contribution is -0.119. The van der Waals surface area contributed by atoms with Crippen LogP contribution in [0.25, 0.3) is 22.4 Å². The standard InChI is InChI=1S/C28H18FNO3S/c29-23-7-3-4-8-24(23)33-20-12-11-16-13-19(10-9-17(16)14-20)22-15-18-5-1-2-6-21(18)25(22)26-27(31)30-28(32)34-26/h1-15,25-26H,(H,30,31,32). The Labute approximate surface area is 199 Å². The van der Waals surface area contributed by atoms with E-state index >= 15 is 0 Å². The molecule has 0 radical (unpaired) electrons. The zero-order valence-electron chi connectivity index (χ0n) is 17.8. The number of imide groups is 1. The summed E-state index contributed by atoms with van der Waals surface area (Å²) in [5.74, 6) is -0.151. The Hall–Kier alpha value is -3.90. The van der Waals surface area contributed by atoms with Crippen molar-refractivity contribution in [1.29, 1.82) is 0 Å². The highest BCUT2D eigenvalue weighted by molar-refractivity contribution is 8.15. The Morgan fingerprint density at radius 3 is 2.44 bits per heavy atom. The molecule has 1 heterocycles. The summed E-state index contributed by atoms with van der Waals surface area (Å²) in [5.41, 5.74) is 4.11. The van der Waals surface area contributed by atoms with Gasteiger partial charge in [-0.3, -0.25) is 14.9 Å². The number of carbonyl (C=O) groups is 2. The third-order valence-corrected chi connectivity index (χ3v) is 7.26. The molecule has 1 saturated heterocycles. The number of rotatable bonds is 4. The molecule has 1 aliphatic carbocycles. The van der Waals surface area contributed by atoms with E-state index in [1.807, 2.05) is 54.6 Å². The van der Waals surface area contributed by atoms with Crippen LogP contribution in [-0.4, -0.2) is 16.4 Å². The van der Waals surface area contributed by atoms with E-state index in [2.05, 4.69) is 17.5 Å². The Morgan fingerprint density at radius 2 is 1.62 bits per heavy atom. The highest BCUT2D eigenvalue weighted by Crippen LogP contribution is 2.48. The summed E-state index contributed by atoms with van der Waals surface area (Å²) < 4.78 is 19.7. The fraction of sp³-hybridized carbons (Fsp3) is 0.0714. The summed E-state index contributed by atoms with van der Waals surface area (Å²) in [6.45, 7) is 0. The van der Waals surface area contributed by atoms with Crippen LogP contribution in [0.2, 0.25) is 0 Å². The largest absolute Gasteiger partial charge is 0.454 e. The summed E-state index contributed by atoms with van der Waals surface area (Å²) >= 11 is 1.05. The average Bonchev–Trinajstić information content (AvgIpc) is 3.39. The van der Waals surface area contributed by atoms with Gasteiger partial charge in [0.2, 0.25) is 5.91 Å². The number of thioether (sulfide) groups is 1. The lowest BCUT2D eigenvalue weighted by Crippen LogP contribution is -2.28. The predicted octanol–water partition coefficient (Wildman–Crippen LogP) is 6.76. The van der Waals surface area contributed by atoms with Crippen molar-refractivity contribution in [2.24, 2.45) is 0 Å². The van der Waals surface area contributed by atoms with Crippen molar-refractivity contribution < 1.29 is 18.7 Å². The van der Waals surface area contributed by atoms with Gasteiger partial charge in [0, 0.05) is 5.92 Å². The molecular formula is C28H18FNO3S. The Bertz CT molecular complexity index is 1510. The summed E-state index contributed by atoms with van der Waals surface area (Å²) in [4.78, 5) is 24.5. The molecule has 0 bridgehead atoms. The van der Waals surface area contributed by atoms with Crippen LogP contribution in [0, 0.1) is 5.82 Å². The van der Waals surface area contributed by atoms with Gasteiger partial charge < -0.3 is 4.74 Å². The van der Waals surface area contributed by atoms with Crippen molar-refractivity contribution in [2.45, 2.75) is 11.2 Å². The van der Waals surface area contributed by atoms with Crippen molar-refractivity contribution in [2.75, 3.05) is 0 Å². The van der Waals surface area contributed by atoms with E-state index in [1.165, 1.54) is 6.07 Å². The van der Waals surface area contributed by atoms with E-state index in [0.717, 1.165) is 44.8 Å². The molecule has 1 N–H and O–H groups in total. The number of halogens is 1. The average molecular weight is 468 g/mol. The number of carbonyl (C=O) groups excluding carboxylic acids is 2. The molecule has 1 fully saturated rings. The zero-order chi connectivity index (χ0) is 23.2. The molecule has 0 aromatic heterocycles. The topological polar surface area (TPSA) is 55.4 Å². The predicted molar refractivity (Wildman–Crippen MR) is 132 cm³/mol. The van der Waals surface area contributed by atoms with Gasteiger partial charge in [0.05, 0.1) is 0 Å². The van der Waals surface area contributed by atoms with E-state index in [4.69, 9.17) is 4.74 Å². The number of hydrogen-bond acceptors (Lipinski definition) is 4. The first-order valence-electron chi connectivity index (χ1n) is 10.9. The summed E-state index contributed by atoms with van der Waals surface area (Å²) in [6.07, 6.45) is 2.10. The Morgan fingerprint density at radius 1 is 0.853 bits per heavy atom. The van der Waals surface area contributed by atoms with Gasteiger partial charge in [0.1, 0.15) is 11.0 Å². The zero-order valence-corrected chi connectivity index (χ0v) is 18.6. The first-order valence-corrected chi connectivity index (χ1v) is 11.7. The van der Waals surface area contributed by atoms with Gasteiger partial charge in [-0.15, -0.1) is 0 Å². The maximum absolute atomic E-state index is 14.0. The van der Waals surface area contributed by atoms with Crippen LogP contribution in [0.1, 0.15) is 22.6 Å². The lowest BCUT2D eigenvalue weighted by Gasteiger charge is -2.21. The fourth-order valence-corrected chi connectivity index (χ4v) is 5.64. The van der Waals surface area contributed by atoms with Crippen molar-refractivity contribution in [1.82, 2.24) is 5.32 Å². The number of fused-ring (bicyclic) bond motifs is 2. The summed E-state index contributed by atoms with van der Waals surface area (Å²) in [6, 6.07) is 26.0. The normalized spacial score (nSPS) is 19.1. The minimum atomic E-state index is -0.505. The summed E-state index contributed by atoms with van der Waals surface area (Å²) in [5, 5.41) is 3.56. The van der Waals surface area contributed by atoms with Gasteiger partial charge in [0.25, 0.3) is 5.24 Å². The molecule has 34 heavy (non-hydrogen) atoms. The van der Waals surface area contributed by atoms with E-state index in [9.17, 15) is 14.0 Å². The van der Waals surface area contributed by atoms with Gasteiger partial charge in [-0.2, -0.15) is 0 Å². The minimum Gasteiger partial charge on any atom is -0.454 e. The van der Waals surface area contributed by atoms with Crippen LogP contribution in [0.4, 0.5) is 9.18 Å². The minimum absolute atomic E-state index is 0.178. The molecular weight excluding hydrogens is 449 g/mol. The molecule has 2 atom stereocenters. The molecule has 2 unspecified atom stereocenters. The highest BCUT2D eigenvalue weighted by Gasteiger charge is 2.43. The van der Waals surface area contributed by atoms with Crippen molar-refractivity contribution >= 4 is 45.3 Å². The maximum atomic E-state index is 14.0. The lowest BCUT2D eigenvalue weighted by atomic mass is 9.87.